The predicted octanol–water partition coefficient (Wildman–Crippen LogP) is 1.64. The first-order valence-electron chi connectivity index (χ1n) is 9.46. The van der Waals surface area contributed by atoms with Crippen LogP contribution in [-0.2, 0) is 14.8 Å². The van der Waals surface area contributed by atoms with E-state index in [-0.39, 0.29) is 22.9 Å². The van der Waals surface area contributed by atoms with Gasteiger partial charge in [0.25, 0.3) is 0 Å². The minimum atomic E-state index is -3.64. The SMILES string of the molecule is CC(C)N(C(=O)CN1CCN(S(=O)(=O)c2cccc3nsnc23)CC1)C(C)C. The second-order valence-corrected chi connectivity index (χ2v) is 9.99. The fourth-order valence-corrected chi connectivity index (χ4v) is 5.88. The molecule has 0 spiro atoms. The highest BCUT2D eigenvalue weighted by Gasteiger charge is 2.32. The number of rotatable bonds is 6. The Kier molecular flexibility index (Phi) is 6.33. The van der Waals surface area contributed by atoms with Crippen LogP contribution in [0.3, 0.4) is 0 Å². The molecule has 0 aliphatic carbocycles. The number of amides is 1. The summed E-state index contributed by atoms with van der Waals surface area (Å²) >= 11 is 1.01. The zero-order chi connectivity index (χ0) is 20.5. The summed E-state index contributed by atoms with van der Waals surface area (Å²) in [6.45, 7) is 10.1. The van der Waals surface area contributed by atoms with E-state index in [9.17, 15) is 13.2 Å². The van der Waals surface area contributed by atoms with Crippen LogP contribution in [0.2, 0.25) is 0 Å². The smallest absolute Gasteiger partial charge is 0.245 e. The molecule has 1 fully saturated rings. The third kappa shape index (κ3) is 4.19. The molecule has 0 N–H and O–H groups in total. The third-order valence-corrected chi connectivity index (χ3v) is 7.43. The number of hydrogen-bond acceptors (Lipinski definition) is 7. The average molecular weight is 426 g/mol. The van der Waals surface area contributed by atoms with E-state index in [1.54, 1.807) is 18.2 Å². The lowest BCUT2D eigenvalue weighted by Gasteiger charge is -2.36. The topological polar surface area (TPSA) is 86.7 Å². The van der Waals surface area contributed by atoms with Gasteiger partial charge in [0, 0.05) is 38.3 Å². The zero-order valence-electron chi connectivity index (χ0n) is 16.7. The minimum Gasteiger partial charge on any atom is -0.337 e. The van der Waals surface area contributed by atoms with Crippen LogP contribution < -0.4 is 0 Å². The van der Waals surface area contributed by atoms with Gasteiger partial charge in [0.2, 0.25) is 15.9 Å². The highest BCUT2D eigenvalue weighted by Crippen LogP contribution is 2.25. The molecule has 2 heterocycles. The summed E-state index contributed by atoms with van der Waals surface area (Å²) in [6, 6.07) is 5.31. The highest BCUT2D eigenvalue weighted by atomic mass is 32.2. The van der Waals surface area contributed by atoms with Gasteiger partial charge in [-0.1, -0.05) is 6.07 Å². The molecule has 1 aromatic carbocycles. The molecule has 0 saturated carbocycles. The molecule has 0 atom stereocenters. The number of fused-ring (bicyclic) bond motifs is 1. The number of piperazine rings is 1. The molecule has 2 aromatic rings. The number of sulfonamides is 1. The van der Waals surface area contributed by atoms with Crippen molar-refractivity contribution in [2.75, 3.05) is 32.7 Å². The maximum Gasteiger partial charge on any atom is 0.245 e. The van der Waals surface area contributed by atoms with Crippen molar-refractivity contribution >= 4 is 38.7 Å². The van der Waals surface area contributed by atoms with Crippen LogP contribution in [-0.4, -0.2) is 82.0 Å². The molecule has 1 amide bonds. The second-order valence-electron chi connectivity index (χ2n) is 7.56. The van der Waals surface area contributed by atoms with Crippen molar-refractivity contribution in [2.45, 2.75) is 44.7 Å². The van der Waals surface area contributed by atoms with Gasteiger partial charge < -0.3 is 4.90 Å². The van der Waals surface area contributed by atoms with Crippen molar-refractivity contribution in [3.05, 3.63) is 18.2 Å². The molecule has 3 rings (SSSR count). The zero-order valence-corrected chi connectivity index (χ0v) is 18.3. The van der Waals surface area contributed by atoms with E-state index in [0.29, 0.717) is 43.8 Å². The molecular weight excluding hydrogens is 398 g/mol. The largest absolute Gasteiger partial charge is 0.337 e. The van der Waals surface area contributed by atoms with E-state index in [0.717, 1.165) is 11.7 Å². The number of benzene rings is 1. The van der Waals surface area contributed by atoms with Crippen LogP contribution >= 0.6 is 11.7 Å². The molecule has 1 aliphatic heterocycles. The van der Waals surface area contributed by atoms with Crippen molar-refractivity contribution in [1.82, 2.24) is 22.9 Å². The first kappa shape index (κ1) is 21.1. The highest BCUT2D eigenvalue weighted by molar-refractivity contribution is 7.89. The van der Waals surface area contributed by atoms with E-state index in [2.05, 4.69) is 8.75 Å². The van der Waals surface area contributed by atoms with E-state index < -0.39 is 10.0 Å². The lowest BCUT2D eigenvalue weighted by atomic mass is 10.2. The fraction of sp³-hybridized carbons (Fsp3) is 0.611. The van der Waals surface area contributed by atoms with Crippen molar-refractivity contribution in [3.63, 3.8) is 0 Å². The summed E-state index contributed by atoms with van der Waals surface area (Å²) in [6.07, 6.45) is 0. The van der Waals surface area contributed by atoms with Crippen LogP contribution in [0.25, 0.3) is 11.0 Å². The Morgan fingerprint density at radius 3 is 2.36 bits per heavy atom. The van der Waals surface area contributed by atoms with Gasteiger partial charge in [-0.05, 0) is 39.8 Å². The molecule has 28 heavy (non-hydrogen) atoms. The van der Waals surface area contributed by atoms with Gasteiger partial charge in [-0.15, -0.1) is 0 Å². The minimum absolute atomic E-state index is 0.0830. The summed E-state index contributed by atoms with van der Waals surface area (Å²) in [5, 5.41) is 0. The van der Waals surface area contributed by atoms with E-state index in [4.69, 9.17) is 0 Å². The van der Waals surface area contributed by atoms with Gasteiger partial charge >= 0.3 is 0 Å². The van der Waals surface area contributed by atoms with Crippen molar-refractivity contribution < 1.29 is 13.2 Å². The Morgan fingerprint density at radius 2 is 1.75 bits per heavy atom. The molecule has 1 aliphatic rings. The average Bonchev–Trinajstić information content (AvgIpc) is 3.10. The second kappa shape index (κ2) is 8.40. The van der Waals surface area contributed by atoms with Gasteiger partial charge in [-0.25, -0.2) is 8.42 Å². The maximum absolute atomic E-state index is 13.1. The Bertz CT molecular complexity index is 926. The molecule has 1 saturated heterocycles. The van der Waals surface area contributed by atoms with Crippen LogP contribution in [0.1, 0.15) is 27.7 Å². The van der Waals surface area contributed by atoms with Gasteiger partial charge in [0.05, 0.1) is 18.3 Å². The normalized spacial score (nSPS) is 16.9. The lowest BCUT2D eigenvalue weighted by Crippen LogP contribution is -2.53. The van der Waals surface area contributed by atoms with E-state index in [1.807, 2.05) is 37.5 Å². The molecule has 0 unspecified atom stereocenters. The Morgan fingerprint density at radius 1 is 1.11 bits per heavy atom. The molecule has 8 nitrogen and oxygen atoms in total. The molecular formula is C18H27N5O3S2. The summed E-state index contributed by atoms with van der Waals surface area (Å²) < 4.78 is 35.9. The third-order valence-electron chi connectivity index (χ3n) is 4.96. The summed E-state index contributed by atoms with van der Waals surface area (Å²) in [4.78, 5) is 16.8. The molecule has 0 bridgehead atoms. The number of nitrogens with zero attached hydrogens (tertiary/aromatic N) is 5. The summed E-state index contributed by atoms with van der Waals surface area (Å²) in [5.41, 5.74) is 1.02. The van der Waals surface area contributed by atoms with E-state index in [1.165, 1.54) is 4.31 Å². The van der Waals surface area contributed by atoms with Gasteiger partial charge in [-0.2, -0.15) is 13.1 Å². The lowest BCUT2D eigenvalue weighted by molar-refractivity contribution is -0.136. The quantitative estimate of drug-likeness (QED) is 0.699. The molecule has 10 heteroatoms. The standard InChI is InChI=1S/C18H27N5O3S2/c1-13(2)23(14(3)4)17(24)12-21-8-10-22(11-9-21)28(25,26)16-7-5-6-15-18(16)20-27-19-15/h5-7,13-14H,8-12H2,1-4H3. The number of hydrogen-bond donors (Lipinski definition) is 0. The van der Waals surface area contributed by atoms with Gasteiger partial charge in [0.15, 0.2) is 0 Å². The number of carbonyl (C=O) groups is 1. The van der Waals surface area contributed by atoms with E-state index >= 15 is 0 Å². The maximum atomic E-state index is 13.1. The number of aromatic nitrogens is 2. The predicted molar refractivity (Wildman–Crippen MR) is 110 cm³/mol. The molecule has 0 radical (unpaired) electrons. The van der Waals surface area contributed by atoms with Crippen LogP contribution in [0, 0.1) is 0 Å². The Labute approximate surface area is 170 Å². The van der Waals surface area contributed by atoms with Gasteiger partial charge in [0.1, 0.15) is 15.9 Å². The fourth-order valence-electron chi connectivity index (χ4n) is 3.70. The number of carbonyl (C=O) groups excluding carboxylic acids is 1. The van der Waals surface area contributed by atoms with Crippen molar-refractivity contribution in [2.24, 2.45) is 0 Å². The first-order valence-corrected chi connectivity index (χ1v) is 11.6. The summed E-state index contributed by atoms with van der Waals surface area (Å²) in [5.74, 6) is 0.0830. The van der Waals surface area contributed by atoms with Crippen LogP contribution in [0.4, 0.5) is 0 Å². The van der Waals surface area contributed by atoms with Crippen LogP contribution in [0.5, 0.6) is 0 Å². The Balaban J connectivity index is 1.67. The molecule has 154 valence electrons. The summed E-state index contributed by atoms with van der Waals surface area (Å²) in [7, 11) is -3.64. The Hall–Kier alpha value is -1.62. The van der Waals surface area contributed by atoms with Crippen molar-refractivity contribution in [3.8, 4) is 0 Å². The monoisotopic (exact) mass is 425 g/mol. The first-order chi connectivity index (χ1) is 13.2. The van der Waals surface area contributed by atoms with Crippen LogP contribution in [0.15, 0.2) is 23.1 Å². The molecule has 1 aromatic heterocycles. The van der Waals surface area contributed by atoms with Crippen molar-refractivity contribution in [1.29, 1.82) is 0 Å². The van der Waals surface area contributed by atoms with Gasteiger partial charge in [-0.3, -0.25) is 9.69 Å².